The third-order valence-corrected chi connectivity index (χ3v) is 6.90. The van der Waals surface area contributed by atoms with Gasteiger partial charge in [-0.15, -0.1) is 0 Å². The van der Waals surface area contributed by atoms with Gasteiger partial charge in [0.15, 0.2) is 13.3 Å². The van der Waals surface area contributed by atoms with Crippen molar-refractivity contribution in [1.82, 2.24) is 0 Å². The van der Waals surface area contributed by atoms with E-state index in [1.165, 1.54) is 35.7 Å². The molecule has 29 heavy (non-hydrogen) atoms. The van der Waals surface area contributed by atoms with Crippen LogP contribution in [0.25, 0.3) is 0 Å². The van der Waals surface area contributed by atoms with Crippen molar-refractivity contribution in [2.75, 3.05) is 0 Å². The van der Waals surface area contributed by atoms with Gasteiger partial charge in [-0.2, -0.15) is 13.7 Å². The highest BCUT2D eigenvalue weighted by Gasteiger charge is 2.50. The number of hydrogen-bond acceptors (Lipinski definition) is 7. The van der Waals surface area contributed by atoms with Crippen LogP contribution in [0.1, 0.15) is 16.7 Å². The number of rotatable bonds is 5. The van der Waals surface area contributed by atoms with Crippen molar-refractivity contribution in [2.45, 2.75) is 10.0 Å². The SMILES string of the molecule is BC(B)(c1ccccc1)S(=O)(=O)OC1=C(N)O[C@@](B)(c2ccc(C#N)cc2)C1=O. The molecule has 0 unspecified atom stereocenters. The van der Waals surface area contributed by atoms with Crippen LogP contribution in [-0.4, -0.2) is 37.7 Å². The van der Waals surface area contributed by atoms with Crippen molar-refractivity contribution in [3.05, 3.63) is 82.9 Å². The first-order valence-electron chi connectivity index (χ1n) is 8.76. The highest BCUT2D eigenvalue weighted by atomic mass is 32.2. The summed E-state index contributed by atoms with van der Waals surface area (Å²) in [6, 6.07) is 16.7. The van der Waals surface area contributed by atoms with Gasteiger partial charge in [-0.25, -0.2) is 0 Å². The van der Waals surface area contributed by atoms with Gasteiger partial charge < -0.3 is 14.7 Å². The molecule has 0 fully saturated rings. The molecule has 144 valence electrons. The number of ketones is 1. The monoisotopic (exact) mass is 406 g/mol. The Morgan fingerprint density at radius 2 is 1.69 bits per heavy atom. The lowest BCUT2D eigenvalue weighted by molar-refractivity contribution is -0.126. The van der Waals surface area contributed by atoms with E-state index in [0.717, 1.165) is 0 Å². The number of hydrogen-bond donors (Lipinski definition) is 1. The molecular weight excluding hydrogens is 389 g/mol. The molecule has 0 spiro atoms. The van der Waals surface area contributed by atoms with E-state index in [2.05, 4.69) is 0 Å². The molecule has 0 amide bonds. The molecule has 2 aromatic rings. The summed E-state index contributed by atoms with van der Waals surface area (Å²) in [7, 11) is 0.142. The predicted octanol–water partition coefficient (Wildman–Crippen LogP) is -1.51. The minimum absolute atomic E-state index is 0.408. The lowest BCUT2D eigenvalue weighted by Crippen LogP contribution is -2.40. The highest BCUT2D eigenvalue weighted by molar-refractivity contribution is 7.90. The van der Waals surface area contributed by atoms with Gasteiger partial charge in [0.05, 0.1) is 16.2 Å². The average Bonchev–Trinajstić information content (AvgIpc) is 2.92. The van der Waals surface area contributed by atoms with E-state index in [1.807, 2.05) is 6.07 Å². The minimum Gasteiger partial charge on any atom is -0.467 e. The Bertz CT molecular complexity index is 1140. The summed E-state index contributed by atoms with van der Waals surface area (Å²) in [5, 5.41) is 8.93. The second kappa shape index (κ2) is 7.05. The maximum atomic E-state index is 13.0. The Kier molecular flexibility index (Phi) is 5.01. The summed E-state index contributed by atoms with van der Waals surface area (Å²) in [5.74, 6) is -1.68. The van der Waals surface area contributed by atoms with Crippen LogP contribution < -0.4 is 5.73 Å². The molecule has 1 atom stereocenters. The fourth-order valence-corrected chi connectivity index (χ4v) is 3.98. The second-order valence-electron chi connectivity index (χ2n) is 7.26. The Morgan fingerprint density at radius 1 is 1.10 bits per heavy atom. The molecule has 11 heteroatoms. The summed E-state index contributed by atoms with van der Waals surface area (Å²) in [5.41, 5.74) is 5.60. The summed E-state index contributed by atoms with van der Waals surface area (Å²) < 4.78 is 35.3. The number of Topliss-reactive ketones (excluding diaryl/α,β-unsaturated/α-hetero) is 1. The topological polar surface area (TPSA) is 119 Å². The van der Waals surface area contributed by atoms with E-state index in [-0.39, 0.29) is 0 Å². The Morgan fingerprint density at radius 3 is 2.24 bits per heavy atom. The van der Waals surface area contributed by atoms with E-state index >= 15 is 0 Å². The van der Waals surface area contributed by atoms with Crippen LogP contribution in [0.2, 0.25) is 0 Å². The molecule has 3 rings (SSSR count). The van der Waals surface area contributed by atoms with Gasteiger partial charge in [0.1, 0.15) is 15.7 Å². The number of carbonyl (C=O) groups is 1. The molecule has 2 aromatic carbocycles. The second-order valence-corrected chi connectivity index (χ2v) is 9.36. The molecule has 1 aliphatic heterocycles. The number of ether oxygens (including phenoxy) is 1. The van der Waals surface area contributed by atoms with E-state index in [1.54, 1.807) is 42.5 Å². The Labute approximate surface area is 171 Å². The molecule has 7 nitrogen and oxygen atoms in total. The van der Waals surface area contributed by atoms with Gasteiger partial charge in [-0.05, 0) is 23.3 Å². The summed E-state index contributed by atoms with van der Waals surface area (Å²) in [6.45, 7) is 0. The van der Waals surface area contributed by atoms with Crippen molar-refractivity contribution in [3.63, 3.8) is 0 Å². The predicted molar refractivity (Wildman–Crippen MR) is 114 cm³/mol. The molecular formula is C18H17B3N2O5S. The number of nitriles is 1. The molecule has 0 saturated carbocycles. The fraction of sp³-hybridized carbons (Fsp3) is 0.111. The van der Waals surface area contributed by atoms with E-state index in [9.17, 15) is 13.2 Å². The van der Waals surface area contributed by atoms with Crippen LogP contribution in [0.4, 0.5) is 0 Å². The third kappa shape index (κ3) is 3.40. The van der Waals surface area contributed by atoms with Gasteiger partial charge in [-0.3, -0.25) is 4.79 Å². The number of nitrogens with two attached hydrogens (primary N) is 1. The molecule has 0 bridgehead atoms. The standard InChI is InChI=1S/C18H17B3N2O5S/c19-17(12-8-6-11(10-22)7-9-12)15(24)14(16(23)27-17)28-29(25,26)18(20,21)13-4-2-1-3-5-13/h1-9H,19-21,23H2/t17-/m0/s1. The number of carbonyl (C=O) groups excluding carboxylic acids is 1. The van der Waals surface area contributed by atoms with Crippen molar-refractivity contribution in [3.8, 4) is 6.07 Å². The lowest BCUT2D eigenvalue weighted by atomic mass is 9.65. The molecule has 0 aliphatic carbocycles. The summed E-state index contributed by atoms with van der Waals surface area (Å²) in [4.78, 5) is 13.0. The normalized spacial score (nSPS) is 19.5. The molecule has 0 saturated heterocycles. The van der Waals surface area contributed by atoms with E-state index in [4.69, 9.17) is 19.9 Å². The quantitative estimate of drug-likeness (QED) is 0.474. The van der Waals surface area contributed by atoms with Crippen LogP contribution >= 0.6 is 0 Å². The zero-order valence-electron chi connectivity index (χ0n) is 16.2. The van der Waals surface area contributed by atoms with Gasteiger partial charge in [-0.1, -0.05) is 42.5 Å². The van der Waals surface area contributed by atoms with Gasteiger partial charge in [0.2, 0.25) is 17.4 Å². The number of nitrogens with zero attached hydrogens (tertiary/aromatic N) is 1. The number of benzene rings is 2. The third-order valence-electron chi connectivity index (χ3n) is 5.03. The smallest absolute Gasteiger partial charge is 0.304 e. The molecule has 2 N–H and O–H groups in total. The first-order valence-corrected chi connectivity index (χ1v) is 10.2. The maximum absolute atomic E-state index is 13.0. The first-order chi connectivity index (χ1) is 13.5. The average molecular weight is 406 g/mol. The summed E-state index contributed by atoms with van der Waals surface area (Å²) >= 11 is 0. The van der Waals surface area contributed by atoms with Gasteiger partial charge in [0, 0.05) is 0 Å². The maximum Gasteiger partial charge on any atom is 0.304 e. The van der Waals surface area contributed by atoms with Crippen LogP contribution in [0, 0.1) is 11.3 Å². The van der Waals surface area contributed by atoms with Crippen LogP contribution in [-0.2, 0) is 33.9 Å². The van der Waals surface area contributed by atoms with Gasteiger partial charge >= 0.3 is 10.1 Å². The largest absolute Gasteiger partial charge is 0.467 e. The van der Waals surface area contributed by atoms with Crippen molar-refractivity contribution in [2.24, 2.45) is 5.73 Å². The fourth-order valence-electron chi connectivity index (χ4n) is 2.97. The van der Waals surface area contributed by atoms with Gasteiger partial charge in [0.25, 0.3) is 0 Å². The van der Waals surface area contributed by atoms with Crippen molar-refractivity contribution >= 4 is 39.4 Å². The van der Waals surface area contributed by atoms with E-state index < -0.39 is 37.6 Å². The minimum atomic E-state index is -4.29. The van der Waals surface area contributed by atoms with Crippen molar-refractivity contribution < 1.29 is 22.1 Å². The Balaban J connectivity index is 1.92. The van der Waals surface area contributed by atoms with Crippen LogP contribution in [0.5, 0.6) is 0 Å². The zero-order chi connectivity index (χ0) is 21.4. The zero-order valence-corrected chi connectivity index (χ0v) is 17.0. The molecule has 0 aromatic heterocycles. The summed E-state index contributed by atoms with van der Waals surface area (Å²) in [6.07, 6.45) is 0. The molecule has 1 aliphatic rings. The van der Waals surface area contributed by atoms with Crippen molar-refractivity contribution in [1.29, 1.82) is 5.26 Å². The molecule has 0 radical (unpaired) electrons. The van der Waals surface area contributed by atoms with Crippen LogP contribution in [0.15, 0.2) is 66.2 Å². The highest BCUT2D eigenvalue weighted by Crippen LogP contribution is 2.37. The van der Waals surface area contributed by atoms with E-state index in [0.29, 0.717) is 16.7 Å². The molecule has 1 heterocycles. The first kappa shape index (κ1) is 20.6. The lowest BCUT2D eigenvalue weighted by Gasteiger charge is -2.25. The Hall–Kier alpha value is -3.12. The van der Waals surface area contributed by atoms with Crippen LogP contribution in [0.3, 0.4) is 0 Å².